The third-order valence-electron chi connectivity index (χ3n) is 2.93. The Bertz CT molecular complexity index is 696. The van der Waals surface area contributed by atoms with E-state index in [0.29, 0.717) is 12.3 Å². The van der Waals surface area contributed by atoms with E-state index in [2.05, 4.69) is 0 Å². The molecule has 0 fully saturated rings. The number of nitrogens with zero attached hydrogens (tertiary/aromatic N) is 2. The zero-order valence-corrected chi connectivity index (χ0v) is 12.3. The molecule has 1 heterocycles. The second-order valence-electron chi connectivity index (χ2n) is 4.60. The number of furan rings is 1. The number of carbonyl (C=O) groups is 1. The van der Waals surface area contributed by atoms with Crippen LogP contribution in [-0.4, -0.2) is 22.8 Å². The van der Waals surface area contributed by atoms with Gasteiger partial charge < -0.3 is 9.32 Å². The standard InChI is InChI=1S/C14H13ClN2O4/c1-9-3-5-11(21-9)8-16(2)14(18)10-4-6-13(17(19)20)12(15)7-10/h3-7H,8H2,1-2H3. The van der Waals surface area contributed by atoms with E-state index in [9.17, 15) is 14.9 Å². The third kappa shape index (κ3) is 3.41. The van der Waals surface area contributed by atoms with Crippen LogP contribution in [-0.2, 0) is 6.54 Å². The Morgan fingerprint density at radius 2 is 2.10 bits per heavy atom. The number of amides is 1. The summed E-state index contributed by atoms with van der Waals surface area (Å²) in [6, 6.07) is 7.51. The van der Waals surface area contributed by atoms with Gasteiger partial charge in [-0.25, -0.2) is 0 Å². The summed E-state index contributed by atoms with van der Waals surface area (Å²) in [5.74, 6) is 1.14. The fraction of sp³-hybridized carbons (Fsp3) is 0.214. The summed E-state index contributed by atoms with van der Waals surface area (Å²) in [7, 11) is 1.62. The van der Waals surface area contributed by atoms with E-state index in [-0.39, 0.29) is 22.2 Å². The van der Waals surface area contributed by atoms with Crippen LogP contribution < -0.4 is 0 Å². The molecule has 2 rings (SSSR count). The highest BCUT2D eigenvalue weighted by Gasteiger charge is 2.18. The molecule has 0 aliphatic heterocycles. The molecule has 110 valence electrons. The Hall–Kier alpha value is -2.34. The summed E-state index contributed by atoms with van der Waals surface area (Å²) in [5.41, 5.74) is 0.0638. The van der Waals surface area contributed by atoms with E-state index in [1.54, 1.807) is 13.1 Å². The summed E-state index contributed by atoms with van der Waals surface area (Å²) in [4.78, 5) is 23.8. The van der Waals surface area contributed by atoms with Crippen LogP contribution in [0.3, 0.4) is 0 Å². The molecule has 6 nitrogen and oxygen atoms in total. The number of hydrogen-bond acceptors (Lipinski definition) is 4. The van der Waals surface area contributed by atoms with Gasteiger partial charge in [0.15, 0.2) is 0 Å². The fourth-order valence-corrected chi connectivity index (χ4v) is 2.13. The largest absolute Gasteiger partial charge is 0.464 e. The Morgan fingerprint density at radius 3 is 2.62 bits per heavy atom. The summed E-state index contributed by atoms with van der Waals surface area (Å²) >= 11 is 5.81. The molecule has 0 saturated heterocycles. The molecule has 0 radical (unpaired) electrons. The molecule has 0 spiro atoms. The fourth-order valence-electron chi connectivity index (χ4n) is 1.88. The molecule has 2 aromatic rings. The Labute approximate surface area is 126 Å². The maximum Gasteiger partial charge on any atom is 0.287 e. The molecule has 0 aliphatic carbocycles. The topological polar surface area (TPSA) is 76.6 Å². The normalized spacial score (nSPS) is 10.4. The lowest BCUT2D eigenvalue weighted by atomic mass is 10.2. The van der Waals surface area contributed by atoms with Gasteiger partial charge in [-0.1, -0.05) is 11.6 Å². The molecular formula is C14H13ClN2O4. The summed E-state index contributed by atoms with van der Waals surface area (Å²) in [5, 5.41) is 10.6. The van der Waals surface area contributed by atoms with Crippen LogP contribution in [0.4, 0.5) is 5.69 Å². The Kier molecular flexibility index (Phi) is 4.28. The first-order valence-corrected chi connectivity index (χ1v) is 6.51. The SMILES string of the molecule is Cc1ccc(CN(C)C(=O)c2ccc([N+](=O)[O-])c(Cl)c2)o1. The second-order valence-corrected chi connectivity index (χ2v) is 5.00. The molecule has 0 bridgehead atoms. The first-order valence-electron chi connectivity index (χ1n) is 6.13. The molecule has 0 saturated carbocycles. The van der Waals surface area contributed by atoms with Crippen molar-refractivity contribution < 1.29 is 14.1 Å². The number of hydrogen-bond donors (Lipinski definition) is 0. The van der Waals surface area contributed by atoms with Crippen LogP contribution in [0.2, 0.25) is 5.02 Å². The zero-order chi connectivity index (χ0) is 15.6. The highest BCUT2D eigenvalue weighted by molar-refractivity contribution is 6.33. The van der Waals surface area contributed by atoms with Crippen LogP contribution in [0.25, 0.3) is 0 Å². The Morgan fingerprint density at radius 1 is 1.38 bits per heavy atom. The number of halogens is 1. The first-order chi connectivity index (χ1) is 9.88. The van der Waals surface area contributed by atoms with Gasteiger partial charge in [0.25, 0.3) is 11.6 Å². The lowest BCUT2D eigenvalue weighted by Gasteiger charge is -2.15. The van der Waals surface area contributed by atoms with Gasteiger partial charge in [-0.2, -0.15) is 0 Å². The van der Waals surface area contributed by atoms with E-state index in [1.807, 2.05) is 13.0 Å². The molecule has 1 aromatic heterocycles. The van der Waals surface area contributed by atoms with Crippen LogP contribution in [0, 0.1) is 17.0 Å². The van der Waals surface area contributed by atoms with Crippen LogP contribution in [0.5, 0.6) is 0 Å². The van der Waals surface area contributed by atoms with Crippen LogP contribution in [0.15, 0.2) is 34.7 Å². The quantitative estimate of drug-likeness (QED) is 0.640. The van der Waals surface area contributed by atoms with E-state index < -0.39 is 4.92 Å². The monoisotopic (exact) mass is 308 g/mol. The van der Waals surface area contributed by atoms with Gasteiger partial charge in [0, 0.05) is 18.7 Å². The van der Waals surface area contributed by atoms with Gasteiger partial charge in [-0.15, -0.1) is 0 Å². The number of nitro groups is 1. The van der Waals surface area contributed by atoms with Gasteiger partial charge in [0.05, 0.1) is 11.5 Å². The van der Waals surface area contributed by atoms with Crippen molar-refractivity contribution in [2.24, 2.45) is 0 Å². The van der Waals surface area contributed by atoms with E-state index in [0.717, 1.165) is 5.76 Å². The van der Waals surface area contributed by atoms with Crippen molar-refractivity contribution in [1.29, 1.82) is 0 Å². The minimum atomic E-state index is -0.591. The van der Waals surface area contributed by atoms with Gasteiger partial charge in [-0.05, 0) is 31.2 Å². The van der Waals surface area contributed by atoms with Crippen molar-refractivity contribution >= 4 is 23.2 Å². The average molecular weight is 309 g/mol. The predicted octanol–water partition coefficient (Wildman–Crippen LogP) is 3.42. The van der Waals surface area contributed by atoms with Crippen molar-refractivity contribution in [3.63, 3.8) is 0 Å². The average Bonchev–Trinajstić information content (AvgIpc) is 2.82. The molecular weight excluding hydrogens is 296 g/mol. The van der Waals surface area contributed by atoms with Crippen LogP contribution >= 0.6 is 11.6 Å². The molecule has 0 aliphatic rings. The van der Waals surface area contributed by atoms with Crippen molar-refractivity contribution in [2.45, 2.75) is 13.5 Å². The lowest BCUT2D eigenvalue weighted by Crippen LogP contribution is -2.26. The highest BCUT2D eigenvalue weighted by Crippen LogP contribution is 2.25. The molecule has 7 heteroatoms. The van der Waals surface area contributed by atoms with Crippen molar-refractivity contribution in [3.05, 3.63) is 62.6 Å². The Balaban J connectivity index is 2.15. The van der Waals surface area contributed by atoms with E-state index in [1.165, 1.54) is 23.1 Å². The zero-order valence-electron chi connectivity index (χ0n) is 11.5. The summed E-state index contributed by atoms with van der Waals surface area (Å²) in [6.45, 7) is 2.13. The van der Waals surface area contributed by atoms with Crippen molar-refractivity contribution in [2.75, 3.05) is 7.05 Å². The molecule has 1 amide bonds. The molecule has 21 heavy (non-hydrogen) atoms. The van der Waals surface area contributed by atoms with E-state index in [4.69, 9.17) is 16.0 Å². The smallest absolute Gasteiger partial charge is 0.287 e. The minimum Gasteiger partial charge on any atom is -0.464 e. The van der Waals surface area contributed by atoms with Gasteiger partial charge in [0.2, 0.25) is 0 Å². The molecule has 1 aromatic carbocycles. The predicted molar refractivity (Wildman–Crippen MR) is 77.3 cm³/mol. The maximum atomic E-state index is 12.2. The molecule has 0 unspecified atom stereocenters. The van der Waals surface area contributed by atoms with Crippen molar-refractivity contribution in [1.82, 2.24) is 4.90 Å². The maximum absolute atomic E-state index is 12.2. The minimum absolute atomic E-state index is 0.0620. The van der Waals surface area contributed by atoms with E-state index >= 15 is 0 Å². The van der Waals surface area contributed by atoms with Gasteiger partial charge in [0.1, 0.15) is 16.5 Å². The molecule has 0 atom stereocenters. The number of nitro benzene ring substituents is 1. The van der Waals surface area contributed by atoms with Gasteiger partial charge >= 0.3 is 0 Å². The number of benzene rings is 1. The molecule has 0 N–H and O–H groups in total. The van der Waals surface area contributed by atoms with Crippen molar-refractivity contribution in [3.8, 4) is 0 Å². The number of rotatable bonds is 4. The lowest BCUT2D eigenvalue weighted by molar-refractivity contribution is -0.384. The summed E-state index contributed by atoms with van der Waals surface area (Å²) in [6.07, 6.45) is 0. The summed E-state index contributed by atoms with van der Waals surface area (Å²) < 4.78 is 5.41. The highest BCUT2D eigenvalue weighted by atomic mass is 35.5. The number of aryl methyl sites for hydroxylation is 1. The van der Waals surface area contributed by atoms with Gasteiger partial charge in [-0.3, -0.25) is 14.9 Å². The number of carbonyl (C=O) groups excluding carboxylic acids is 1. The second kappa shape index (κ2) is 5.97. The first kappa shape index (κ1) is 15.1. The third-order valence-corrected chi connectivity index (χ3v) is 3.23. The van der Waals surface area contributed by atoms with Crippen LogP contribution in [0.1, 0.15) is 21.9 Å².